The van der Waals surface area contributed by atoms with E-state index in [2.05, 4.69) is 26.1 Å². The van der Waals surface area contributed by atoms with E-state index in [4.69, 9.17) is 0 Å². The zero-order chi connectivity index (χ0) is 13.8. The first-order chi connectivity index (χ1) is 9.10. The topological polar surface area (TPSA) is 12.0 Å². The van der Waals surface area contributed by atoms with Gasteiger partial charge in [0.15, 0.2) is 0 Å². The summed E-state index contributed by atoms with van der Waals surface area (Å²) in [4.78, 5) is 1.05. The predicted molar refractivity (Wildman–Crippen MR) is 81.1 cm³/mol. The fraction of sp³-hybridized carbons (Fsp3) is 0.625. The highest BCUT2D eigenvalue weighted by Gasteiger charge is 2.34. The van der Waals surface area contributed by atoms with Crippen molar-refractivity contribution in [3.8, 4) is 0 Å². The van der Waals surface area contributed by atoms with Gasteiger partial charge in [0.25, 0.3) is 0 Å². The van der Waals surface area contributed by atoms with Gasteiger partial charge in [-0.15, -0.1) is 11.8 Å². The predicted octanol–water partition coefficient (Wildman–Crippen LogP) is 4.33. The van der Waals surface area contributed by atoms with E-state index in [9.17, 15) is 4.39 Å². The monoisotopic (exact) mass is 281 g/mol. The summed E-state index contributed by atoms with van der Waals surface area (Å²) in [5.74, 6) is 1.31. The fourth-order valence-electron chi connectivity index (χ4n) is 3.19. The van der Waals surface area contributed by atoms with Gasteiger partial charge in [0.1, 0.15) is 5.82 Å². The summed E-state index contributed by atoms with van der Waals surface area (Å²) in [5.41, 5.74) is 0. The average molecular weight is 281 g/mol. The number of nitrogens with one attached hydrogen (secondary N) is 1. The first-order valence-corrected chi connectivity index (χ1v) is 8.13. The molecule has 1 aromatic carbocycles. The molecule has 1 nitrogen and oxygen atoms in total. The standard InChI is InChI=1S/C16H24FNS/c1-4-18-15-9-11(2)8-12(3)16(15)19-14-7-5-6-13(17)10-14/h5-7,10-12,15-16,18H,4,8-9H2,1-3H3. The van der Waals surface area contributed by atoms with Gasteiger partial charge in [-0.05, 0) is 49.4 Å². The number of benzene rings is 1. The number of hydrogen-bond donors (Lipinski definition) is 1. The smallest absolute Gasteiger partial charge is 0.124 e. The van der Waals surface area contributed by atoms with E-state index in [1.807, 2.05) is 17.8 Å². The minimum absolute atomic E-state index is 0.137. The van der Waals surface area contributed by atoms with Crippen LogP contribution in [0, 0.1) is 17.7 Å². The molecule has 0 bridgehead atoms. The Balaban J connectivity index is 2.10. The highest BCUT2D eigenvalue weighted by Crippen LogP contribution is 2.39. The van der Waals surface area contributed by atoms with Gasteiger partial charge < -0.3 is 5.32 Å². The van der Waals surface area contributed by atoms with Gasteiger partial charge in [-0.1, -0.05) is 26.8 Å². The van der Waals surface area contributed by atoms with E-state index in [0.29, 0.717) is 17.2 Å². The van der Waals surface area contributed by atoms with Crippen molar-refractivity contribution in [2.45, 2.75) is 49.8 Å². The Morgan fingerprint density at radius 2 is 2.11 bits per heavy atom. The summed E-state index contributed by atoms with van der Waals surface area (Å²) in [7, 11) is 0. The van der Waals surface area contributed by atoms with Crippen LogP contribution in [0.25, 0.3) is 0 Å². The maximum atomic E-state index is 13.3. The van der Waals surface area contributed by atoms with E-state index in [1.54, 1.807) is 12.1 Å². The Morgan fingerprint density at radius 3 is 2.79 bits per heavy atom. The lowest BCUT2D eigenvalue weighted by Crippen LogP contribution is -2.46. The Kier molecular flexibility index (Phi) is 5.28. The molecule has 2 rings (SSSR count). The van der Waals surface area contributed by atoms with Gasteiger partial charge in [-0.3, -0.25) is 0 Å². The van der Waals surface area contributed by atoms with Crippen LogP contribution < -0.4 is 5.32 Å². The second-order valence-electron chi connectivity index (χ2n) is 5.76. The molecule has 0 aliphatic heterocycles. The quantitative estimate of drug-likeness (QED) is 0.881. The molecule has 1 saturated carbocycles. The summed E-state index contributed by atoms with van der Waals surface area (Å²) in [6.07, 6.45) is 2.50. The largest absolute Gasteiger partial charge is 0.313 e. The second kappa shape index (κ2) is 6.76. The Morgan fingerprint density at radius 1 is 1.32 bits per heavy atom. The highest BCUT2D eigenvalue weighted by atomic mass is 32.2. The molecule has 1 aliphatic carbocycles. The Bertz CT molecular complexity index is 409. The molecule has 0 heterocycles. The molecule has 4 atom stereocenters. The minimum atomic E-state index is -0.137. The van der Waals surface area contributed by atoms with E-state index >= 15 is 0 Å². The second-order valence-corrected chi connectivity index (χ2v) is 7.01. The average Bonchev–Trinajstić information content (AvgIpc) is 2.34. The van der Waals surface area contributed by atoms with E-state index in [-0.39, 0.29) is 5.82 Å². The Hall–Kier alpha value is -0.540. The molecule has 0 aromatic heterocycles. The van der Waals surface area contributed by atoms with Gasteiger partial charge in [0, 0.05) is 16.2 Å². The summed E-state index contributed by atoms with van der Waals surface area (Å²) in [5, 5.41) is 4.16. The SMILES string of the molecule is CCNC1CC(C)CC(C)C1Sc1cccc(F)c1. The van der Waals surface area contributed by atoms with Crippen molar-refractivity contribution in [3.63, 3.8) is 0 Å². The zero-order valence-electron chi connectivity index (χ0n) is 12.0. The highest BCUT2D eigenvalue weighted by molar-refractivity contribution is 8.00. The van der Waals surface area contributed by atoms with E-state index in [0.717, 1.165) is 17.4 Å². The number of thioether (sulfide) groups is 1. The van der Waals surface area contributed by atoms with Gasteiger partial charge in [0.2, 0.25) is 0 Å². The minimum Gasteiger partial charge on any atom is -0.313 e. The van der Waals surface area contributed by atoms with Crippen LogP contribution in [0.1, 0.15) is 33.6 Å². The van der Waals surface area contributed by atoms with Crippen LogP contribution >= 0.6 is 11.8 Å². The third kappa shape index (κ3) is 3.96. The first kappa shape index (κ1) is 14.9. The molecule has 0 spiro atoms. The van der Waals surface area contributed by atoms with Crippen molar-refractivity contribution < 1.29 is 4.39 Å². The van der Waals surface area contributed by atoms with E-state index in [1.165, 1.54) is 18.9 Å². The van der Waals surface area contributed by atoms with Gasteiger partial charge in [-0.25, -0.2) is 4.39 Å². The molecule has 0 saturated heterocycles. The van der Waals surface area contributed by atoms with Gasteiger partial charge in [0.05, 0.1) is 0 Å². The third-order valence-corrected chi connectivity index (χ3v) is 5.51. The number of rotatable bonds is 4. The molecule has 4 unspecified atom stereocenters. The third-order valence-electron chi connectivity index (χ3n) is 3.92. The normalized spacial score (nSPS) is 31.4. The lowest BCUT2D eigenvalue weighted by molar-refractivity contribution is 0.251. The van der Waals surface area contributed by atoms with E-state index < -0.39 is 0 Å². The molecule has 19 heavy (non-hydrogen) atoms. The van der Waals surface area contributed by atoms with Gasteiger partial charge in [-0.2, -0.15) is 0 Å². The van der Waals surface area contributed by atoms with Crippen molar-refractivity contribution in [2.24, 2.45) is 11.8 Å². The van der Waals surface area contributed by atoms with Crippen molar-refractivity contribution in [2.75, 3.05) is 6.54 Å². The maximum Gasteiger partial charge on any atom is 0.124 e. The van der Waals surface area contributed by atoms with Gasteiger partial charge >= 0.3 is 0 Å². The first-order valence-electron chi connectivity index (χ1n) is 7.25. The molecule has 106 valence electrons. The summed E-state index contributed by atoms with van der Waals surface area (Å²) >= 11 is 1.83. The molecular weight excluding hydrogens is 257 g/mol. The van der Waals surface area contributed by atoms with Crippen LogP contribution in [-0.4, -0.2) is 17.8 Å². The van der Waals surface area contributed by atoms with Crippen molar-refractivity contribution in [1.29, 1.82) is 0 Å². The molecule has 0 radical (unpaired) electrons. The molecule has 1 fully saturated rings. The zero-order valence-corrected chi connectivity index (χ0v) is 12.8. The molecule has 0 amide bonds. The fourth-order valence-corrected chi connectivity index (χ4v) is 4.55. The van der Waals surface area contributed by atoms with Crippen molar-refractivity contribution in [3.05, 3.63) is 30.1 Å². The van der Waals surface area contributed by atoms with Crippen LogP contribution in [0.5, 0.6) is 0 Å². The molecule has 3 heteroatoms. The summed E-state index contributed by atoms with van der Waals surface area (Å²) < 4.78 is 13.3. The molecule has 1 aliphatic rings. The summed E-state index contributed by atoms with van der Waals surface area (Å²) in [6.45, 7) is 7.83. The molecular formula is C16H24FNS. The van der Waals surface area contributed by atoms with Crippen molar-refractivity contribution >= 4 is 11.8 Å². The summed E-state index contributed by atoms with van der Waals surface area (Å²) in [6, 6.07) is 7.52. The van der Waals surface area contributed by atoms with Crippen LogP contribution in [0.2, 0.25) is 0 Å². The van der Waals surface area contributed by atoms with Crippen LogP contribution in [0.4, 0.5) is 4.39 Å². The Labute approximate surface area is 120 Å². The van der Waals surface area contributed by atoms with Crippen molar-refractivity contribution in [1.82, 2.24) is 5.32 Å². The van der Waals surface area contributed by atoms with Crippen LogP contribution in [-0.2, 0) is 0 Å². The lowest BCUT2D eigenvalue weighted by atomic mass is 9.80. The molecule has 1 aromatic rings. The number of hydrogen-bond acceptors (Lipinski definition) is 2. The lowest BCUT2D eigenvalue weighted by Gasteiger charge is -2.39. The number of halogens is 1. The van der Waals surface area contributed by atoms with Crippen LogP contribution in [0.15, 0.2) is 29.2 Å². The maximum absolute atomic E-state index is 13.3. The van der Waals surface area contributed by atoms with Crippen LogP contribution in [0.3, 0.4) is 0 Å². The molecule has 1 N–H and O–H groups in total.